The Morgan fingerprint density at radius 2 is 1.02 bits per heavy atom. The largest absolute Gasteiger partial charge is 0.456 e. The third kappa shape index (κ3) is 5.34. The van der Waals surface area contributed by atoms with Gasteiger partial charge < -0.3 is 4.42 Å². The van der Waals surface area contributed by atoms with Crippen molar-refractivity contribution in [3.05, 3.63) is 193 Å². The molecule has 0 spiro atoms. The summed E-state index contributed by atoms with van der Waals surface area (Å²) >= 11 is 1.72. The van der Waals surface area contributed by atoms with Crippen molar-refractivity contribution in [1.82, 2.24) is 9.97 Å². The molecule has 8 aromatic carbocycles. The number of aromatic nitrogens is 2. The maximum atomic E-state index is 6.56. The van der Waals surface area contributed by atoms with Crippen molar-refractivity contribution in [2.24, 2.45) is 0 Å². The molecule has 12 rings (SSSR count). The molecule has 59 heavy (non-hydrogen) atoms. The minimum Gasteiger partial charge on any atom is -0.456 e. The van der Waals surface area contributed by atoms with Crippen molar-refractivity contribution in [3.63, 3.8) is 0 Å². The quantitative estimate of drug-likeness (QED) is 0.175. The highest BCUT2D eigenvalue weighted by atomic mass is 32.1. The SMILES string of the molecule is CC1(C)c2ccccc2-c2cc(-c3ccc4oc5cccc(-c6nc(-c7ccc(-c8ccccc8)cc7)c7c(n6)sc6ccc(-c8ccccc8)cc67)c5c4c3)ccc21. The van der Waals surface area contributed by atoms with Crippen LogP contribution >= 0.6 is 11.3 Å². The zero-order valence-corrected chi connectivity index (χ0v) is 33.3. The highest BCUT2D eigenvalue weighted by Crippen LogP contribution is 2.50. The van der Waals surface area contributed by atoms with Crippen LogP contribution in [0.5, 0.6) is 0 Å². The average Bonchev–Trinajstić information content (AvgIpc) is 3.93. The van der Waals surface area contributed by atoms with Crippen molar-refractivity contribution in [1.29, 1.82) is 0 Å². The fourth-order valence-corrected chi connectivity index (χ4v) is 10.4. The van der Waals surface area contributed by atoms with Crippen molar-refractivity contribution in [2.75, 3.05) is 0 Å². The first-order chi connectivity index (χ1) is 29.0. The van der Waals surface area contributed by atoms with Gasteiger partial charge in [0.2, 0.25) is 0 Å². The number of benzene rings is 8. The summed E-state index contributed by atoms with van der Waals surface area (Å²) in [7, 11) is 0. The van der Waals surface area contributed by atoms with E-state index in [9.17, 15) is 0 Å². The standard InChI is InChI=1S/C55H36N2OS/c1-55(2)45-18-10-9-16-40(45)42-30-38(24-27-46(42)55)39-25-28-47-43(31-39)50-41(17-11-19-48(50)58-47)53-56-52(36-22-20-35(21-23-36)33-12-5-3-6-13-33)51-44-32-37(34-14-7-4-8-15-34)26-29-49(44)59-54(51)57-53/h3-32H,1-2H3. The van der Waals surface area contributed by atoms with Crippen LogP contribution in [0.3, 0.4) is 0 Å². The van der Waals surface area contributed by atoms with Gasteiger partial charge in [0, 0.05) is 42.8 Å². The summed E-state index contributed by atoms with van der Waals surface area (Å²) in [5, 5.41) is 4.31. The third-order valence-electron chi connectivity index (χ3n) is 12.4. The molecule has 0 aliphatic heterocycles. The van der Waals surface area contributed by atoms with Crippen molar-refractivity contribution in [3.8, 4) is 67.2 Å². The molecule has 3 heterocycles. The average molecular weight is 773 g/mol. The minimum atomic E-state index is -0.0352. The lowest BCUT2D eigenvalue weighted by Gasteiger charge is -2.21. The summed E-state index contributed by atoms with van der Waals surface area (Å²) in [4.78, 5) is 11.9. The van der Waals surface area contributed by atoms with Crippen LogP contribution in [0.2, 0.25) is 0 Å². The lowest BCUT2D eigenvalue weighted by Crippen LogP contribution is -2.14. The van der Waals surface area contributed by atoms with Crippen molar-refractivity contribution >= 4 is 53.6 Å². The van der Waals surface area contributed by atoms with E-state index in [1.54, 1.807) is 11.3 Å². The van der Waals surface area contributed by atoms with Gasteiger partial charge in [0.1, 0.15) is 16.0 Å². The molecule has 3 nitrogen and oxygen atoms in total. The van der Waals surface area contributed by atoms with Crippen LogP contribution in [0, 0.1) is 0 Å². The lowest BCUT2D eigenvalue weighted by molar-refractivity contribution is 0.660. The molecule has 0 unspecified atom stereocenters. The second kappa shape index (κ2) is 12.9. The van der Waals surface area contributed by atoms with Crippen molar-refractivity contribution in [2.45, 2.75) is 19.3 Å². The molecule has 0 fully saturated rings. The van der Waals surface area contributed by atoms with Crippen LogP contribution in [-0.2, 0) is 5.41 Å². The third-order valence-corrected chi connectivity index (χ3v) is 13.4. The highest BCUT2D eigenvalue weighted by molar-refractivity contribution is 7.25. The van der Waals surface area contributed by atoms with E-state index < -0.39 is 0 Å². The molecule has 278 valence electrons. The lowest BCUT2D eigenvalue weighted by atomic mass is 9.82. The Morgan fingerprint density at radius 1 is 0.424 bits per heavy atom. The second-order valence-corrected chi connectivity index (χ2v) is 17.2. The smallest absolute Gasteiger partial charge is 0.162 e. The molecular formula is C55H36N2OS. The van der Waals surface area contributed by atoms with Crippen LogP contribution in [-0.4, -0.2) is 9.97 Å². The topological polar surface area (TPSA) is 38.9 Å². The maximum Gasteiger partial charge on any atom is 0.162 e. The number of hydrogen-bond acceptors (Lipinski definition) is 4. The van der Waals surface area contributed by atoms with Gasteiger partial charge >= 0.3 is 0 Å². The molecule has 0 saturated carbocycles. The van der Waals surface area contributed by atoms with E-state index in [1.807, 2.05) is 0 Å². The van der Waals surface area contributed by atoms with Gasteiger partial charge in [-0.1, -0.05) is 159 Å². The summed E-state index contributed by atoms with van der Waals surface area (Å²) < 4.78 is 7.75. The molecule has 0 atom stereocenters. The summed E-state index contributed by atoms with van der Waals surface area (Å²) in [5.41, 5.74) is 17.0. The predicted octanol–water partition coefficient (Wildman–Crippen LogP) is 15.4. The number of furan rings is 1. The number of fused-ring (bicyclic) bond motifs is 9. The van der Waals surface area contributed by atoms with E-state index in [0.717, 1.165) is 59.9 Å². The Hall–Kier alpha value is -7.14. The maximum absolute atomic E-state index is 6.56. The summed E-state index contributed by atoms with van der Waals surface area (Å²) in [5.74, 6) is 0.685. The molecule has 0 radical (unpaired) electrons. The van der Waals surface area contributed by atoms with E-state index >= 15 is 0 Å². The Morgan fingerprint density at radius 3 is 1.83 bits per heavy atom. The Kier molecular flexibility index (Phi) is 7.44. The molecule has 0 N–H and O–H groups in total. The van der Waals surface area contributed by atoms with E-state index in [1.165, 1.54) is 54.8 Å². The summed E-state index contributed by atoms with van der Waals surface area (Å²) in [6, 6.07) is 65.3. The molecule has 1 aliphatic rings. The minimum absolute atomic E-state index is 0.0352. The monoisotopic (exact) mass is 772 g/mol. The predicted molar refractivity (Wildman–Crippen MR) is 247 cm³/mol. The number of hydrogen-bond donors (Lipinski definition) is 0. The van der Waals surface area contributed by atoms with Gasteiger partial charge in [0.25, 0.3) is 0 Å². The van der Waals surface area contributed by atoms with Gasteiger partial charge in [-0.25, -0.2) is 9.97 Å². The fraction of sp³-hybridized carbons (Fsp3) is 0.0545. The molecule has 0 saturated heterocycles. The summed E-state index contributed by atoms with van der Waals surface area (Å²) in [6.45, 7) is 4.65. The fourth-order valence-electron chi connectivity index (χ4n) is 9.36. The number of thiophene rings is 1. The van der Waals surface area contributed by atoms with Gasteiger partial charge in [-0.05, 0) is 92.0 Å². The molecule has 0 bridgehead atoms. The normalized spacial score (nSPS) is 13.1. The first kappa shape index (κ1) is 33.9. The van der Waals surface area contributed by atoms with Crippen LogP contribution in [0.15, 0.2) is 186 Å². The molecule has 3 aromatic heterocycles. The Balaban J connectivity index is 1.05. The first-order valence-electron chi connectivity index (χ1n) is 20.1. The Labute approximate surface area is 345 Å². The molecular weight excluding hydrogens is 737 g/mol. The van der Waals surface area contributed by atoms with Gasteiger partial charge in [-0.3, -0.25) is 0 Å². The first-order valence-corrected chi connectivity index (χ1v) is 21.0. The number of nitrogens with zero attached hydrogens (tertiary/aromatic N) is 2. The van der Waals surface area contributed by atoms with Crippen molar-refractivity contribution < 1.29 is 4.42 Å². The van der Waals surface area contributed by atoms with Gasteiger partial charge in [0.15, 0.2) is 5.82 Å². The zero-order valence-electron chi connectivity index (χ0n) is 32.5. The van der Waals surface area contributed by atoms with Crippen LogP contribution < -0.4 is 0 Å². The van der Waals surface area contributed by atoms with E-state index in [2.05, 4.69) is 196 Å². The Bertz CT molecular complexity index is 3450. The molecule has 1 aliphatic carbocycles. The van der Waals surface area contributed by atoms with Crippen LogP contribution in [0.4, 0.5) is 0 Å². The molecule has 11 aromatic rings. The second-order valence-electron chi connectivity index (χ2n) is 16.1. The molecule has 0 amide bonds. The van der Waals surface area contributed by atoms with Gasteiger partial charge in [-0.15, -0.1) is 11.3 Å². The summed E-state index contributed by atoms with van der Waals surface area (Å²) in [6.07, 6.45) is 0. The van der Waals surface area contributed by atoms with E-state index in [4.69, 9.17) is 14.4 Å². The molecule has 4 heteroatoms. The van der Waals surface area contributed by atoms with Crippen LogP contribution in [0.25, 0.3) is 109 Å². The van der Waals surface area contributed by atoms with Gasteiger partial charge in [-0.2, -0.15) is 0 Å². The van der Waals surface area contributed by atoms with E-state index in [-0.39, 0.29) is 5.41 Å². The van der Waals surface area contributed by atoms with E-state index in [0.29, 0.717) is 5.82 Å². The van der Waals surface area contributed by atoms with Gasteiger partial charge in [0.05, 0.1) is 5.69 Å². The number of rotatable bonds is 5. The van der Waals surface area contributed by atoms with Crippen LogP contribution in [0.1, 0.15) is 25.0 Å². The zero-order chi connectivity index (χ0) is 39.2. The highest BCUT2D eigenvalue weighted by Gasteiger charge is 2.35.